The highest BCUT2D eigenvalue weighted by Gasteiger charge is 2.09. The molecule has 78 valence electrons. The summed E-state index contributed by atoms with van der Waals surface area (Å²) in [6.45, 7) is 0.980. The number of para-hydroxylation sites is 1. The van der Waals surface area contributed by atoms with Gasteiger partial charge in [0.2, 0.25) is 0 Å². The van der Waals surface area contributed by atoms with Crippen molar-refractivity contribution < 1.29 is 0 Å². The molecule has 0 amide bonds. The van der Waals surface area contributed by atoms with E-state index in [1.165, 1.54) is 0 Å². The van der Waals surface area contributed by atoms with Crippen LogP contribution in [-0.4, -0.2) is 18.1 Å². The first-order valence-corrected chi connectivity index (χ1v) is 5.64. The molecule has 0 fully saturated rings. The second kappa shape index (κ2) is 4.70. The Kier molecular flexibility index (Phi) is 3.10. The van der Waals surface area contributed by atoms with Gasteiger partial charge >= 0.3 is 0 Å². The summed E-state index contributed by atoms with van der Waals surface area (Å²) in [4.78, 5) is 6.42. The average molecular weight is 226 g/mol. The van der Waals surface area contributed by atoms with Crippen LogP contribution in [0.3, 0.4) is 0 Å². The van der Waals surface area contributed by atoms with Crippen molar-refractivity contribution in [2.24, 2.45) is 0 Å². The lowest BCUT2D eigenvalue weighted by atomic mass is 10.3. The van der Waals surface area contributed by atoms with Crippen LogP contribution in [0.15, 0.2) is 24.3 Å². The fraction of sp³-hybridized carbons (Fsp3) is 0.154. The van der Waals surface area contributed by atoms with Gasteiger partial charge in [0.15, 0.2) is 5.13 Å². The molecule has 0 aliphatic heterocycles. The minimum atomic E-state index is 0.490. The fourth-order valence-corrected chi connectivity index (χ4v) is 2.37. The van der Waals surface area contributed by atoms with Gasteiger partial charge in [-0.25, -0.2) is 4.98 Å². The molecule has 0 bridgehead atoms. The standard InChI is InChI=1S/C13H10N2S/c1-3-9-15(10-4-2)13-14-11-7-5-6-8-12(11)16-13/h1-2,5-8H,9-10H2. The van der Waals surface area contributed by atoms with Gasteiger partial charge in [0.1, 0.15) is 0 Å². The Bertz CT molecular complexity index is 522. The van der Waals surface area contributed by atoms with Gasteiger partial charge < -0.3 is 4.90 Å². The minimum absolute atomic E-state index is 0.490. The lowest BCUT2D eigenvalue weighted by Crippen LogP contribution is -2.23. The van der Waals surface area contributed by atoms with Crippen molar-refractivity contribution in [2.45, 2.75) is 0 Å². The summed E-state index contributed by atoms with van der Waals surface area (Å²) in [5.41, 5.74) is 0.988. The van der Waals surface area contributed by atoms with Gasteiger partial charge in [0.25, 0.3) is 0 Å². The molecular formula is C13H10N2S. The molecule has 2 nitrogen and oxygen atoms in total. The molecule has 3 heteroatoms. The van der Waals surface area contributed by atoms with Crippen molar-refractivity contribution in [3.63, 3.8) is 0 Å². The van der Waals surface area contributed by atoms with Gasteiger partial charge in [0.05, 0.1) is 23.3 Å². The molecule has 0 saturated carbocycles. The smallest absolute Gasteiger partial charge is 0.188 e. The van der Waals surface area contributed by atoms with E-state index in [1.807, 2.05) is 29.2 Å². The molecule has 0 aliphatic rings. The molecular weight excluding hydrogens is 216 g/mol. The zero-order valence-electron chi connectivity index (χ0n) is 8.68. The van der Waals surface area contributed by atoms with Gasteiger partial charge in [-0.2, -0.15) is 0 Å². The van der Waals surface area contributed by atoms with Crippen LogP contribution >= 0.6 is 11.3 Å². The maximum Gasteiger partial charge on any atom is 0.188 e. The normalized spacial score (nSPS) is 9.62. The fourth-order valence-electron chi connectivity index (χ4n) is 1.41. The van der Waals surface area contributed by atoms with Gasteiger partial charge in [0, 0.05) is 0 Å². The van der Waals surface area contributed by atoms with Crippen LogP contribution in [0, 0.1) is 24.7 Å². The van der Waals surface area contributed by atoms with E-state index in [4.69, 9.17) is 12.8 Å². The quantitative estimate of drug-likeness (QED) is 0.747. The number of benzene rings is 1. The summed E-state index contributed by atoms with van der Waals surface area (Å²) < 4.78 is 1.15. The van der Waals surface area contributed by atoms with Crippen LogP contribution in [0.1, 0.15) is 0 Å². The van der Waals surface area contributed by atoms with Crippen LogP contribution in [0.5, 0.6) is 0 Å². The minimum Gasteiger partial charge on any atom is -0.326 e. The van der Waals surface area contributed by atoms with E-state index in [-0.39, 0.29) is 0 Å². The maximum absolute atomic E-state index is 5.31. The maximum atomic E-state index is 5.31. The molecule has 1 aromatic carbocycles. The molecule has 1 aromatic heterocycles. The third kappa shape index (κ3) is 2.00. The average Bonchev–Trinajstić information content (AvgIpc) is 2.72. The summed E-state index contributed by atoms with van der Waals surface area (Å²) in [6, 6.07) is 8.00. The summed E-state index contributed by atoms with van der Waals surface area (Å²) in [5.74, 6) is 5.18. The Labute approximate surface area is 98.9 Å². The predicted molar refractivity (Wildman–Crippen MR) is 69.5 cm³/mol. The zero-order chi connectivity index (χ0) is 11.4. The van der Waals surface area contributed by atoms with Crippen LogP contribution in [0.25, 0.3) is 10.2 Å². The van der Waals surface area contributed by atoms with Crippen LogP contribution in [0.2, 0.25) is 0 Å². The first-order valence-electron chi connectivity index (χ1n) is 4.82. The van der Waals surface area contributed by atoms with Crippen molar-refractivity contribution in [1.82, 2.24) is 4.98 Å². The Morgan fingerprint density at radius 3 is 2.50 bits per heavy atom. The third-order valence-electron chi connectivity index (χ3n) is 2.12. The molecule has 2 rings (SSSR count). The van der Waals surface area contributed by atoms with Crippen molar-refractivity contribution in [3.8, 4) is 24.7 Å². The summed E-state index contributed by atoms with van der Waals surface area (Å²) in [6.07, 6.45) is 10.6. The highest BCUT2D eigenvalue weighted by atomic mass is 32.1. The topological polar surface area (TPSA) is 16.1 Å². The molecule has 0 aliphatic carbocycles. The second-order valence-electron chi connectivity index (χ2n) is 3.23. The van der Waals surface area contributed by atoms with Crippen molar-refractivity contribution in [1.29, 1.82) is 0 Å². The highest BCUT2D eigenvalue weighted by molar-refractivity contribution is 7.22. The van der Waals surface area contributed by atoms with Crippen molar-refractivity contribution in [3.05, 3.63) is 24.3 Å². The Morgan fingerprint density at radius 1 is 1.19 bits per heavy atom. The van der Waals surface area contributed by atoms with E-state index in [2.05, 4.69) is 16.8 Å². The molecule has 0 spiro atoms. The molecule has 0 saturated heterocycles. The molecule has 1 heterocycles. The van der Waals surface area contributed by atoms with Crippen LogP contribution in [-0.2, 0) is 0 Å². The SMILES string of the molecule is C#CCN(CC#C)c1nc2ccccc2s1. The zero-order valence-corrected chi connectivity index (χ0v) is 9.50. The largest absolute Gasteiger partial charge is 0.326 e. The number of anilines is 1. The van der Waals surface area contributed by atoms with E-state index < -0.39 is 0 Å². The Balaban J connectivity index is 2.38. The highest BCUT2D eigenvalue weighted by Crippen LogP contribution is 2.27. The Hall–Kier alpha value is -1.97. The van der Waals surface area contributed by atoms with Crippen LogP contribution < -0.4 is 4.90 Å². The molecule has 2 aromatic rings. The lowest BCUT2D eigenvalue weighted by molar-refractivity contribution is 0.978. The summed E-state index contributed by atoms with van der Waals surface area (Å²) in [5, 5.41) is 0.886. The number of thiazole rings is 1. The predicted octanol–water partition coefficient (Wildman–Crippen LogP) is 2.37. The van der Waals surface area contributed by atoms with E-state index in [1.54, 1.807) is 11.3 Å². The van der Waals surface area contributed by atoms with Crippen molar-refractivity contribution in [2.75, 3.05) is 18.0 Å². The number of aromatic nitrogens is 1. The first-order chi connectivity index (χ1) is 7.85. The number of rotatable bonds is 3. The number of hydrogen-bond acceptors (Lipinski definition) is 3. The summed E-state index contributed by atoms with van der Waals surface area (Å²) in [7, 11) is 0. The first kappa shape index (κ1) is 10.5. The van der Waals surface area contributed by atoms with E-state index in [9.17, 15) is 0 Å². The number of hydrogen-bond donors (Lipinski definition) is 0. The monoisotopic (exact) mass is 226 g/mol. The van der Waals surface area contributed by atoms with Gasteiger partial charge in [-0.1, -0.05) is 35.3 Å². The number of fused-ring (bicyclic) bond motifs is 1. The molecule has 16 heavy (non-hydrogen) atoms. The molecule has 0 radical (unpaired) electrons. The van der Waals surface area contributed by atoms with Gasteiger partial charge in [-0.3, -0.25) is 0 Å². The lowest BCUT2D eigenvalue weighted by Gasteiger charge is -2.14. The van der Waals surface area contributed by atoms with E-state index in [0.29, 0.717) is 13.1 Å². The Morgan fingerprint density at radius 2 is 1.88 bits per heavy atom. The third-order valence-corrected chi connectivity index (χ3v) is 3.21. The molecule has 0 unspecified atom stereocenters. The van der Waals surface area contributed by atoms with E-state index >= 15 is 0 Å². The number of terminal acetylenes is 2. The van der Waals surface area contributed by atoms with Crippen LogP contribution in [0.4, 0.5) is 5.13 Å². The van der Waals surface area contributed by atoms with Gasteiger partial charge in [-0.05, 0) is 12.1 Å². The second-order valence-corrected chi connectivity index (χ2v) is 4.24. The molecule has 0 N–H and O–H groups in total. The summed E-state index contributed by atoms with van der Waals surface area (Å²) >= 11 is 1.61. The van der Waals surface area contributed by atoms with E-state index in [0.717, 1.165) is 15.3 Å². The van der Waals surface area contributed by atoms with Crippen molar-refractivity contribution >= 4 is 26.7 Å². The molecule has 0 atom stereocenters. The number of nitrogens with zero attached hydrogens (tertiary/aromatic N) is 2. The van der Waals surface area contributed by atoms with Gasteiger partial charge in [-0.15, -0.1) is 12.8 Å².